The zero-order valence-electron chi connectivity index (χ0n) is 8.76. The maximum absolute atomic E-state index is 12.3. The van der Waals surface area contributed by atoms with Gasteiger partial charge in [0.05, 0.1) is 8.66 Å². The quantitative estimate of drug-likeness (QED) is 0.560. The fraction of sp³-hybridized carbons (Fsp3) is 0.0833. The second-order valence-corrected chi connectivity index (χ2v) is 7.72. The fourth-order valence-electron chi connectivity index (χ4n) is 1.47. The normalized spacial score (nSPS) is 10.6. The first-order valence-electron chi connectivity index (χ1n) is 4.74. The summed E-state index contributed by atoms with van der Waals surface area (Å²) in [5.41, 5.74) is 1.77. The van der Waals surface area contributed by atoms with Gasteiger partial charge < -0.3 is 0 Å². The van der Waals surface area contributed by atoms with E-state index in [9.17, 15) is 4.79 Å². The van der Waals surface area contributed by atoms with E-state index in [4.69, 9.17) is 0 Å². The van der Waals surface area contributed by atoms with E-state index >= 15 is 0 Å². The number of aryl methyl sites for hydroxylation is 1. The molecule has 0 bridgehead atoms. The molecule has 0 aliphatic heterocycles. The number of carbonyl (C=O) groups is 1. The monoisotopic (exact) mass is 436 g/mol. The van der Waals surface area contributed by atoms with Gasteiger partial charge in [-0.25, -0.2) is 0 Å². The van der Waals surface area contributed by atoms with Crippen LogP contribution in [-0.4, -0.2) is 5.78 Å². The van der Waals surface area contributed by atoms with E-state index in [1.54, 1.807) is 0 Å². The molecular formula is C12H7Br3OS. The van der Waals surface area contributed by atoms with Gasteiger partial charge in [-0.1, -0.05) is 15.9 Å². The highest BCUT2D eigenvalue weighted by atomic mass is 79.9. The van der Waals surface area contributed by atoms with Gasteiger partial charge in [0.1, 0.15) is 0 Å². The first-order valence-corrected chi connectivity index (χ1v) is 7.93. The largest absolute Gasteiger partial charge is 0.288 e. The van der Waals surface area contributed by atoms with Crippen molar-refractivity contribution in [1.29, 1.82) is 0 Å². The summed E-state index contributed by atoms with van der Waals surface area (Å²) in [4.78, 5) is 13.0. The molecule has 0 unspecified atom stereocenters. The summed E-state index contributed by atoms with van der Waals surface area (Å²) >= 11 is 11.6. The SMILES string of the molecule is Cc1cc(Br)cc(C(=O)c2cc(Br)c(Br)s2)c1. The summed E-state index contributed by atoms with van der Waals surface area (Å²) in [6.45, 7) is 1.97. The molecule has 0 atom stereocenters. The number of thiophene rings is 1. The van der Waals surface area contributed by atoms with Gasteiger partial charge in [-0.3, -0.25) is 4.79 Å². The molecular weight excluding hydrogens is 432 g/mol. The second-order valence-electron chi connectivity index (χ2n) is 3.58. The molecule has 5 heteroatoms. The lowest BCUT2D eigenvalue weighted by Gasteiger charge is -2.01. The molecule has 0 spiro atoms. The highest BCUT2D eigenvalue weighted by Crippen LogP contribution is 2.33. The first kappa shape index (κ1) is 13.5. The smallest absolute Gasteiger partial charge is 0.203 e. The Labute approximate surface area is 129 Å². The predicted octanol–water partition coefficient (Wildman–Crippen LogP) is 5.58. The lowest BCUT2D eigenvalue weighted by Crippen LogP contribution is -1.98. The minimum absolute atomic E-state index is 0.0470. The van der Waals surface area contributed by atoms with Crippen LogP contribution < -0.4 is 0 Å². The van der Waals surface area contributed by atoms with Crippen molar-refractivity contribution in [2.45, 2.75) is 6.92 Å². The van der Waals surface area contributed by atoms with Crippen molar-refractivity contribution in [2.24, 2.45) is 0 Å². The summed E-state index contributed by atoms with van der Waals surface area (Å²) in [6.07, 6.45) is 0. The lowest BCUT2D eigenvalue weighted by molar-refractivity contribution is 0.104. The molecule has 0 saturated heterocycles. The number of benzene rings is 1. The first-order chi connectivity index (χ1) is 7.97. The van der Waals surface area contributed by atoms with Crippen LogP contribution in [-0.2, 0) is 0 Å². The maximum Gasteiger partial charge on any atom is 0.203 e. The van der Waals surface area contributed by atoms with Crippen molar-refractivity contribution >= 4 is 64.9 Å². The molecule has 0 radical (unpaired) electrons. The molecule has 0 amide bonds. The Hall–Kier alpha value is 0.0300. The molecule has 0 fully saturated rings. The molecule has 0 N–H and O–H groups in total. The molecule has 1 aromatic carbocycles. The van der Waals surface area contributed by atoms with Crippen LogP contribution in [0.5, 0.6) is 0 Å². The maximum atomic E-state index is 12.3. The number of halogens is 3. The topological polar surface area (TPSA) is 17.1 Å². The standard InChI is InChI=1S/C12H7Br3OS/c1-6-2-7(4-8(13)3-6)11(16)10-5-9(14)12(15)17-10/h2-5H,1H3. The number of carbonyl (C=O) groups excluding carboxylic acids is 1. The summed E-state index contributed by atoms with van der Waals surface area (Å²) in [5, 5.41) is 0. The molecule has 2 aromatic rings. The highest BCUT2D eigenvalue weighted by Gasteiger charge is 2.14. The van der Waals surface area contributed by atoms with Crippen molar-refractivity contribution in [3.05, 3.63) is 53.0 Å². The highest BCUT2D eigenvalue weighted by molar-refractivity contribution is 9.13. The van der Waals surface area contributed by atoms with Gasteiger partial charge in [0.15, 0.2) is 0 Å². The molecule has 0 saturated carbocycles. The Morgan fingerprint density at radius 3 is 2.35 bits per heavy atom. The molecule has 1 aromatic heterocycles. The van der Waals surface area contributed by atoms with Crippen LogP contribution in [0.1, 0.15) is 20.8 Å². The van der Waals surface area contributed by atoms with Crippen LogP contribution in [0, 0.1) is 6.92 Å². The third kappa shape index (κ3) is 3.08. The van der Waals surface area contributed by atoms with Crippen molar-refractivity contribution in [3.8, 4) is 0 Å². The second kappa shape index (κ2) is 5.34. The summed E-state index contributed by atoms with van der Waals surface area (Å²) in [6, 6.07) is 7.57. The zero-order chi connectivity index (χ0) is 12.6. The molecule has 1 heterocycles. The van der Waals surface area contributed by atoms with E-state index in [2.05, 4.69) is 47.8 Å². The van der Waals surface area contributed by atoms with Gasteiger partial charge in [0.25, 0.3) is 0 Å². The molecule has 1 nitrogen and oxygen atoms in total. The zero-order valence-corrected chi connectivity index (χ0v) is 14.3. The number of hydrogen-bond acceptors (Lipinski definition) is 2. The Morgan fingerprint density at radius 1 is 1.12 bits per heavy atom. The van der Waals surface area contributed by atoms with Crippen LogP contribution in [0.3, 0.4) is 0 Å². The Kier molecular flexibility index (Phi) is 4.23. The van der Waals surface area contributed by atoms with Gasteiger partial charge in [-0.2, -0.15) is 0 Å². The Balaban J connectivity index is 2.43. The summed E-state index contributed by atoms with van der Waals surface area (Å²) < 4.78 is 2.78. The fourth-order valence-corrected chi connectivity index (χ4v) is 4.07. The number of ketones is 1. The van der Waals surface area contributed by atoms with Gasteiger partial charge in [-0.05, 0) is 68.6 Å². The van der Waals surface area contributed by atoms with Crippen LogP contribution >= 0.6 is 59.1 Å². The van der Waals surface area contributed by atoms with E-state index in [1.807, 2.05) is 31.2 Å². The Bertz CT molecular complexity index is 550. The predicted molar refractivity (Wildman–Crippen MR) is 82.0 cm³/mol. The molecule has 0 aliphatic carbocycles. The minimum Gasteiger partial charge on any atom is -0.288 e. The molecule has 88 valence electrons. The number of hydrogen-bond donors (Lipinski definition) is 0. The average molecular weight is 439 g/mol. The molecule has 0 aliphatic rings. The minimum atomic E-state index is 0.0470. The third-order valence-electron chi connectivity index (χ3n) is 2.17. The molecule has 17 heavy (non-hydrogen) atoms. The summed E-state index contributed by atoms with van der Waals surface area (Å²) in [5.74, 6) is 0.0470. The van der Waals surface area contributed by atoms with Crippen molar-refractivity contribution in [1.82, 2.24) is 0 Å². The lowest BCUT2D eigenvalue weighted by atomic mass is 10.1. The van der Waals surface area contributed by atoms with E-state index < -0.39 is 0 Å². The van der Waals surface area contributed by atoms with E-state index in [0.29, 0.717) is 5.56 Å². The van der Waals surface area contributed by atoms with Crippen molar-refractivity contribution < 1.29 is 4.79 Å². The molecule has 2 rings (SSSR count). The number of rotatable bonds is 2. The van der Waals surface area contributed by atoms with E-state index in [1.165, 1.54) is 11.3 Å². The van der Waals surface area contributed by atoms with Gasteiger partial charge in [-0.15, -0.1) is 11.3 Å². The van der Waals surface area contributed by atoms with E-state index in [0.717, 1.165) is 23.2 Å². The van der Waals surface area contributed by atoms with E-state index in [-0.39, 0.29) is 5.78 Å². The average Bonchev–Trinajstić information content (AvgIpc) is 2.57. The van der Waals surface area contributed by atoms with Crippen LogP contribution in [0.4, 0.5) is 0 Å². The van der Waals surface area contributed by atoms with Gasteiger partial charge >= 0.3 is 0 Å². The van der Waals surface area contributed by atoms with Gasteiger partial charge in [0, 0.05) is 14.5 Å². The summed E-state index contributed by atoms with van der Waals surface area (Å²) in [7, 11) is 0. The third-order valence-corrected chi connectivity index (χ3v) is 5.89. The van der Waals surface area contributed by atoms with Crippen molar-refractivity contribution in [2.75, 3.05) is 0 Å². The van der Waals surface area contributed by atoms with Crippen molar-refractivity contribution in [3.63, 3.8) is 0 Å². The van der Waals surface area contributed by atoms with Crippen LogP contribution in [0.2, 0.25) is 0 Å². The van der Waals surface area contributed by atoms with Crippen LogP contribution in [0.25, 0.3) is 0 Å². The Morgan fingerprint density at radius 2 is 1.82 bits per heavy atom. The van der Waals surface area contributed by atoms with Gasteiger partial charge in [0.2, 0.25) is 5.78 Å². The van der Waals surface area contributed by atoms with Crippen LogP contribution in [0.15, 0.2) is 37.0 Å².